The number of aromatic nitrogens is 1. The fraction of sp³-hybridized carbons (Fsp3) is 0.615. The van der Waals surface area contributed by atoms with Crippen LogP contribution < -0.4 is 5.32 Å². The minimum absolute atomic E-state index is 0.148. The number of aromatic carboxylic acids is 1. The third-order valence-electron chi connectivity index (χ3n) is 2.70. The van der Waals surface area contributed by atoms with Crippen molar-refractivity contribution < 1.29 is 14.7 Å². The number of nitrogens with one attached hydrogen (secondary N) is 1. The lowest BCUT2D eigenvalue weighted by atomic mass is 10.2. The van der Waals surface area contributed by atoms with Crippen LogP contribution in [0.15, 0.2) is 0 Å². The molecule has 5 nitrogen and oxygen atoms in total. The van der Waals surface area contributed by atoms with Gasteiger partial charge in [0, 0.05) is 13.5 Å². The van der Waals surface area contributed by atoms with E-state index in [1.165, 1.54) is 25.5 Å². The van der Waals surface area contributed by atoms with Gasteiger partial charge < -0.3 is 10.4 Å². The number of carboxylic acids is 1. The Balaban J connectivity index is 2.39. The van der Waals surface area contributed by atoms with E-state index in [0.717, 1.165) is 30.7 Å². The summed E-state index contributed by atoms with van der Waals surface area (Å²) < 4.78 is 0. The topological polar surface area (TPSA) is 79.3 Å². The third-order valence-corrected chi connectivity index (χ3v) is 4.51. The van der Waals surface area contributed by atoms with Crippen LogP contribution in [0.25, 0.3) is 0 Å². The Bertz CT molecular complexity index is 429. The molecule has 20 heavy (non-hydrogen) atoms. The van der Waals surface area contributed by atoms with Crippen molar-refractivity contribution in [3.05, 3.63) is 10.6 Å². The molecule has 2 N–H and O–H groups in total. The van der Waals surface area contributed by atoms with Gasteiger partial charge in [-0.15, -0.1) is 0 Å². The van der Waals surface area contributed by atoms with Gasteiger partial charge in [0.05, 0.1) is 0 Å². The number of hydrogen-bond acceptors (Lipinski definition) is 6. The number of anilines is 1. The van der Waals surface area contributed by atoms with E-state index >= 15 is 0 Å². The van der Waals surface area contributed by atoms with Gasteiger partial charge >= 0.3 is 5.97 Å². The van der Waals surface area contributed by atoms with Gasteiger partial charge in [-0.25, -0.2) is 9.78 Å². The van der Waals surface area contributed by atoms with Crippen molar-refractivity contribution in [2.75, 3.05) is 23.9 Å². The van der Waals surface area contributed by atoms with Crippen LogP contribution in [-0.2, 0) is 0 Å². The molecule has 0 aliphatic rings. The molecule has 0 saturated carbocycles. The molecule has 1 aromatic heterocycles. The van der Waals surface area contributed by atoms with Gasteiger partial charge in [0.1, 0.15) is 4.88 Å². The van der Waals surface area contributed by atoms with E-state index in [9.17, 15) is 9.59 Å². The molecule has 0 radical (unpaired) electrons. The monoisotopic (exact) mass is 316 g/mol. The SMILES string of the molecule is CSCCCCCCNc1nc(C(=O)O)c(C(C)=O)s1. The van der Waals surface area contributed by atoms with Gasteiger partial charge in [0.15, 0.2) is 16.6 Å². The third kappa shape index (κ3) is 5.50. The summed E-state index contributed by atoms with van der Waals surface area (Å²) >= 11 is 2.97. The Hall–Kier alpha value is -1.08. The van der Waals surface area contributed by atoms with Crippen molar-refractivity contribution in [3.63, 3.8) is 0 Å². The summed E-state index contributed by atoms with van der Waals surface area (Å²) in [5, 5.41) is 12.6. The molecule has 7 heteroatoms. The van der Waals surface area contributed by atoms with Gasteiger partial charge in [-0.1, -0.05) is 24.2 Å². The molecule has 112 valence electrons. The van der Waals surface area contributed by atoms with Crippen molar-refractivity contribution in [2.45, 2.75) is 32.6 Å². The Kier molecular flexibility index (Phi) is 7.61. The molecule has 0 spiro atoms. The van der Waals surface area contributed by atoms with E-state index < -0.39 is 5.97 Å². The average molecular weight is 316 g/mol. The Morgan fingerprint density at radius 3 is 2.55 bits per heavy atom. The average Bonchev–Trinajstić information content (AvgIpc) is 2.82. The summed E-state index contributed by atoms with van der Waals surface area (Å²) in [5.74, 6) is -0.217. The normalized spacial score (nSPS) is 10.5. The highest BCUT2D eigenvalue weighted by molar-refractivity contribution is 7.98. The summed E-state index contributed by atoms with van der Waals surface area (Å²) in [6.45, 7) is 2.11. The molecule has 0 amide bonds. The molecule has 0 atom stereocenters. The van der Waals surface area contributed by atoms with Crippen molar-refractivity contribution in [2.24, 2.45) is 0 Å². The molecule has 0 aliphatic carbocycles. The Morgan fingerprint density at radius 2 is 2.00 bits per heavy atom. The number of carboxylic acid groups (broad SMARTS) is 1. The summed E-state index contributed by atoms with van der Waals surface area (Å²) in [5.41, 5.74) is -0.148. The lowest BCUT2D eigenvalue weighted by molar-refractivity contribution is 0.0687. The number of nitrogens with zero attached hydrogens (tertiary/aromatic N) is 1. The fourth-order valence-electron chi connectivity index (χ4n) is 1.70. The van der Waals surface area contributed by atoms with Crippen LogP contribution in [0.3, 0.4) is 0 Å². The second-order valence-electron chi connectivity index (χ2n) is 4.39. The smallest absolute Gasteiger partial charge is 0.356 e. The van der Waals surface area contributed by atoms with Crippen LogP contribution in [-0.4, -0.2) is 40.4 Å². The van der Waals surface area contributed by atoms with Crippen molar-refractivity contribution in [1.82, 2.24) is 4.98 Å². The molecule has 1 rings (SSSR count). The second-order valence-corrected chi connectivity index (χ2v) is 6.38. The number of thiazole rings is 1. The Morgan fingerprint density at radius 1 is 1.30 bits per heavy atom. The standard InChI is InChI=1S/C13H20N2O3S2/c1-9(16)11-10(12(17)18)15-13(20-11)14-7-5-3-4-6-8-19-2/h3-8H2,1-2H3,(H,14,15)(H,17,18). The first-order chi connectivity index (χ1) is 9.56. The Labute approximate surface area is 127 Å². The zero-order valence-electron chi connectivity index (χ0n) is 11.8. The summed E-state index contributed by atoms with van der Waals surface area (Å²) in [6, 6.07) is 0. The molecule has 1 aromatic rings. The first-order valence-electron chi connectivity index (χ1n) is 6.54. The molecular weight excluding hydrogens is 296 g/mol. The first kappa shape index (κ1) is 17.0. The van der Waals surface area contributed by atoms with Gasteiger partial charge in [-0.2, -0.15) is 11.8 Å². The maximum atomic E-state index is 11.3. The first-order valence-corrected chi connectivity index (χ1v) is 8.75. The number of ketones is 1. The van der Waals surface area contributed by atoms with Crippen LogP contribution in [0.2, 0.25) is 0 Å². The van der Waals surface area contributed by atoms with Gasteiger partial charge in [0.2, 0.25) is 0 Å². The van der Waals surface area contributed by atoms with Gasteiger partial charge in [-0.05, 0) is 24.9 Å². The molecule has 0 aromatic carbocycles. The van der Waals surface area contributed by atoms with Crippen LogP contribution in [0.5, 0.6) is 0 Å². The zero-order valence-corrected chi connectivity index (χ0v) is 13.4. The predicted octanol–water partition coefficient (Wildman–Crippen LogP) is 3.38. The molecule has 0 aliphatic heterocycles. The number of unbranched alkanes of at least 4 members (excludes halogenated alkanes) is 3. The number of Topliss-reactive ketones (excluding diaryl/α,β-unsaturated/α-hetero) is 1. The zero-order chi connectivity index (χ0) is 15.0. The molecule has 1 heterocycles. The number of thioether (sulfide) groups is 1. The molecule has 0 unspecified atom stereocenters. The summed E-state index contributed by atoms with van der Waals surface area (Å²) in [4.78, 5) is 26.5. The van der Waals surface area contributed by atoms with E-state index in [-0.39, 0.29) is 16.4 Å². The number of rotatable bonds is 10. The van der Waals surface area contributed by atoms with E-state index in [4.69, 9.17) is 5.11 Å². The molecular formula is C13H20N2O3S2. The predicted molar refractivity (Wildman–Crippen MR) is 84.4 cm³/mol. The van der Waals surface area contributed by atoms with Crippen molar-refractivity contribution >= 4 is 40.0 Å². The maximum Gasteiger partial charge on any atom is 0.356 e. The van der Waals surface area contributed by atoms with Crippen LogP contribution in [0, 0.1) is 0 Å². The van der Waals surface area contributed by atoms with E-state index in [1.54, 1.807) is 0 Å². The lowest BCUT2D eigenvalue weighted by Crippen LogP contribution is -2.04. The van der Waals surface area contributed by atoms with Gasteiger partial charge in [-0.3, -0.25) is 4.79 Å². The second kappa shape index (κ2) is 8.97. The highest BCUT2D eigenvalue weighted by Crippen LogP contribution is 2.23. The largest absolute Gasteiger partial charge is 0.476 e. The van der Waals surface area contributed by atoms with Crippen LogP contribution in [0.4, 0.5) is 5.13 Å². The quantitative estimate of drug-likeness (QED) is 0.509. The minimum Gasteiger partial charge on any atom is -0.476 e. The highest BCUT2D eigenvalue weighted by Gasteiger charge is 2.20. The number of carbonyl (C=O) groups is 2. The number of hydrogen-bond donors (Lipinski definition) is 2. The molecule has 0 bridgehead atoms. The molecule has 0 saturated heterocycles. The molecule has 0 fully saturated rings. The van der Waals surface area contributed by atoms with E-state index in [1.807, 2.05) is 11.8 Å². The van der Waals surface area contributed by atoms with Crippen LogP contribution >= 0.6 is 23.1 Å². The minimum atomic E-state index is -1.16. The van der Waals surface area contributed by atoms with E-state index in [2.05, 4.69) is 16.6 Å². The summed E-state index contributed by atoms with van der Waals surface area (Å²) in [7, 11) is 0. The highest BCUT2D eigenvalue weighted by atomic mass is 32.2. The fourth-order valence-corrected chi connectivity index (χ4v) is 3.07. The summed E-state index contributed by atoms with van der Waals surface area (Å²) in [6.07, 6.45) is 6.71. The van der Waals surface area contributed by atoms with Crippen molar-refractivity contribution in [1.29, 1.82) is 0 Å². The maximum absolute atomic E-state index is 11.3. The van der Waals surface area contributed by atoms with E-state index in [0.29, 0.717) is 5.13 Å². The van der Waals surface area contributed by atoms with Crippen LogP contribution in [0.1, 0.15) is 52.8 Å². The van der Waals surface area contributed by atoms with Gasteiger partial charge in [0.25, 0.3) is 0 Å². The van der Waals surface area contributed by atoms with Crippen molar-refractivity contribution in [3.8, 4) is 0 Å². The number of carbonyl (C=O) groups excluding carboxylic acids is 1. The lowest BCUT2D eigenvalue weighted by Gasteiger charge is -2.02.